The lowest BCUT2D eigenvalue weighted by Gasteiger charge is -2.23. The number of carbonyl (C=O) groups excluding carboxylic acids is 1. The molecule has 3 aromatic rings. The number of nitrogens with one attached hydrogen (secondary N) is 1. The van der Waals surface area contributed by atoms with E-state index >= 15 is 0 Å². The molecule has 6 nitrogen and oxygen atoms in total. The summed E-state index contributed by atoms with van der Waals surface area (Å²) in [5.74, 6) is 0.502. The van der Waals surface area contributed by atoms with Crippen LogP contribution >= 0.6 is 0 Å². The lowest BCUT2D eigenvalue weighted by Crippen LogP contribution is -2.28. The maximum absolute atomic E-state index is 12.4. The zero-order chi connectivity index (χ0) is 17.9. The Morgan fingerprint density at radius 2 is 1.96 bits per heavy atom. The van der Waals surface area contributed by atoms with E-state index < -0.39 is 5.60 Å². The predicted octanol–water partition coefficient (Wildman–Crippen LogP) is 2.81. The van der Waals surface area contributed by atoms with E-state index in [4.69, 9.17) is 0 Å². The molecular formula is C19H20N4O2. The van der Waals surface area contributed by atoms with Gasteiger partial charge >= 0.3 is 0 Å². The number of hydrogen-bond acceptors (Lipinski definition) is 4. The number of carbonyl (C=O) groups is 1. The minimum atomic E-state index is -1.23. The number of aryl methyl sites for hydroxylation is 1. The molecule has 0 spiro atoms. The van der Waals surface area contributed by atoms with Gasteiger partial charge in [0.25, 0.3) is 0 Å². The molecular weight excluding hydrogens is 316 g/mol. The Labute approximate surface area is 146 Å². The van der Waals surface area contributed by atoms with Crippen LogP contribution in [0, 0.1) is 6.92 Å². The van der Waals surface area contributed by atoms with Crippen molar-refractivity contribution < 1.29 is 9.90 Å². The number of rotatable bonds is 5. The van der Waals surface area contributed by atoms with Gasteiger partial charge in [-0.25, -0.2) is 0 Å². The first-order chi connectivity index (χ1) is 12.0. The van der Waals surface area contributed by atoms with E-state index in [0.29, 0.717) is 11.3 Å². The summed E-state index contributed by atoms with van der Waals surface area (Å²) in [5, 5.41) is 21.3. The van der Waals surface area contributed by atoms with Gasteiger partial charge in [0.2, 0.25) is 5.91 Å². The van der Waals surface area contributed by atoms with E-state index in [9.17, 15) is 9.90 Å². The maximum Gasteiger partial charge on any atom is 0.227 e. The Hall–Kier alpha value is -2.99. The zero-order valence-corrected chi connectivity index (χ0v) is 14.2. The van der Waals surface area contributed by atoms with Gasteiger partial charge in [0.1, 0.15) is 12.2 Å². The van der Waals surface area contributed by atoms with Crippen LogP contribution in [0.15, 0.2) is 60.9 Å². The molecule has 0 bridgehead atoms. The molecule has 0 aliphatic heterocycles. The number of aromatic nitrogens is 3. The number of anilines is 1. The van der Waals surface area contributed by atoms with Gasteiger partial charge in [0.05, 0.1) is 17.7 Å². The van der Waals surface area contributed by atoms with Crippen LogP contribution in [-0.4, -0.2) is 25.8 Å². The number of aliphatic hydroxyl groups is 1. The van der Waals surface area contributed by atoms with E-state index in [1.54, 1.807) is 19.3 Å². The van der Waals surface area contributed by atoms with E-state index in [1.807, 2.05) is 60.0 Å². The molecule has 0 fully saturated rings. The van der Waals surface area contributed by atoms with Crippen LogP contribution in [0.5, 0.6) is 0 Å². The van der Waals surface area contributed by atoms with E-state index in [0.717, 1.165) is 11.5 Å². The average Bonchev–Trinajstić information content (AvgIpc) is 3.01. The smallest absolute Gasteiger partial charge is 0.227 e. The fraction of sp³-hybridized carbons (Fsp3) is 0.211. The Morgan fingerprint density at radius 1 is 1.20 bits per heavy atom. The fourth-order valence-electron chi connectivity index (χ4n) is 2.70. The first-order valence-corrected chi connectivity index (χ1v) is 8.00. The third-order valence-corrected chi connectivity index (χ3v) is 4.03. The largest absolute Gasteiger partial charge is 0.385 e. The molecule has 1 atom stereocenters. The molecule has 25 heavy (non-hydrogen) atoms. The molecule has 0 radical (unpaired) electrons. The van der Waals surface area contributed by atoms with E-state index in [-0.39, 0.29) is 12.3 Å². The predicted molar refractivity (Wildman–Crippen MR) is 95.4 cm³/mol. The third kappa shape index (κ3) is 3.92. The lowest BCUT2D eigenvalue weighted by atomic mass is 9.92. The van der Waals surface area contributed by atoms with Gasteiger partial charge in [-0.3, -0.25) is 9.36 Å². The second kappa shape index (κ2) is 6.86. The van der Waals surface area contributed by atoms with Gasteiger partial charge in [-0.15, -0.1) is 10.2 Å². The molecule has 2 aromatic carbocycles. The van der Waals surface area contributed by atoms with Crippen LogP contribution in [0.25, 0.3) is 5.69 Å². The molecule has 6 heteroatoms. The van der Waals surface area contributed by atoms with Crippen molar-refractivity contribution in [2.75, 3.05) is 5.32 Å². The summed E-state index contributed by atoms with van der Waals surface area (Å²) >= 11 is 0. The summed E-state index contributed by atoms with van der Waals surface area (Å²) in [4.78, 5) is 12.4. The Bertz CT molecular complexity index is 872. The first kappa shape index (κ1) is 16.9. The van der Waals surface area contributed by atoms with Crippen molar-refractivity contribution in [3.8, 4) is 5.69 Å². The fourth-order valence-corrected chi connectivity index (χ4v) is 2.70. The summed E-state index contributed by atoms with van der Waals surface area (Å²) < 4.78 is 1.83. The molecule has 1 unspecified atom stereocenters. The van der Waals surface area contributed by atoms with Gasteiger partial charge in [0, 0.05) is 5.69 Å². The minimum absolute atomic E-state index is 0.0348. The van der Waals surface area contributed by atoms with E-state index in [1.165, 1.54) is 0 Å². The highest BCUT2D eigenvalue weighted by Gasteiger charge is 2.26. The molecule has 0 aliphatic carbocycles. The molecule has 0 aliphatic rings. The summed E-state index contributed by atoms with van der Waals surface area (Å²) in [6.07, 6.45) is 1.59. The quantitative estimate of drug-likeness (QED) is 0.751. The minimum Gasteiger partial charge on any atom is -0.385 e. The second-order valence-corrected chi connectivity index (χ2v) is 6.16. The molecule has 0 saturated carbocycles. The topological polar surface area (TPSA) is 80.0 Å². The molecule has 1 heterocycles. The van der Waals surface area contributed by atoms with Crippen molar-refractivity contribution in [3.63, 3.8) is 0 Å². The van der Waals surface area contributed by atoms with Gasteiger partial charge in [-0.1, -0.05) is 36.4 Å². The molecule has 128 valence electrons. The Kier molecular flexibility index (Phi) is 4.63. The van der Waals surface area contributed by atoms with Crippen molar-refractivity contribution in [1.29, 1.82) is 0 Å². The first-order valence-electron chi connectivity index (χ1n) is 8.00. The molecule has 1 aromatic heterocycles. The van der Waals surface area contributed by atoms with Crippen LogP contribution in [0.1, 0.15) is 24.7 Å². The SMILES string of the molecule is Cc1nncn1-c1cccc(NC(=O)CC(C)(O)c2ccccc2)c1. The number of benzene rings is 2. The average molecular weight is 336 g/mol. The second-order valence-electron chi connectivity index (χ2n) is 6.16. The van der Waals surface area contributed by atoms with Crippen LogP contribution in [0.3, 0.4) is 0 Å². The van der Waals surface area contributed by atoms with E-state index in [2.05, 4.69) is 15.5 Å². The van der Waals surface area contributed by atoms with Crippen molar-refractivity contribution in [2.45, 2.75) is 25.9 Å². The summed E-state index contributed by atoms with van der Waals surface area (Å²) in [6.45, 7) is 3.49. The summed E-state index contributed by atoms with van der Waals surface area (Å²) in [6, 6.07) is 16.6. The summed E-state index contributed by atoms with van der Waals surface area (Å²) in [7, 11) is 0. The maximum atomic E-state index is 12.4. The highest BCUT2D eigenvalue weighted by Crippen LogP contribution is 2.25. The van der Waals surface area contributed by atoms with Gasteiger partial charge < -0.3 is 10.4 Å². The summed E-state index contributed by atoms with van der Waals surface area (Å²) in [5.41, 5.74) is 0.988. The monoisotopic (exact) mass is 336 g/mol. The Morgan fingerprint density at radius 3 is 2.64 bits per heavy atom. The standard InChI is InChI=1S/C19H20N4O2/c1-14-22-20-13-23(14)17-10-6-9-16(11-17)21-18(24)12-19(2,25)15-7-4-3-5-8-15/h3-11,13,25H,12H2,1-2H3,(H,21,24). The lowest BCUT2D eigenvalue weighted by molar-refractivity contribution is -0.120. The molecule has 0 saturated heterocycles. The Balaban J connectivity index is 1.72. The number of amides is 1. The molecule has 2 N–H and O–H groups in total. The van der Waals surface area contributed by atoms with Crippen molar-refractivity contribution in [2.24, 2.45) is 0 Å². The number of nitrogens with zero attached hydrogens (tertiary/aromatic N) is 3. The van der Waals surface area contributed by atoms with Crippen molar-refractivity contribution >= 4 is 11.6 Å². The van der Waals surface area contributed by atoms with Gasteiger partial charge in [-0.05, 0) is 37.6 Å². The van der Waals surface area contributed by atoms with Crippen molar-refractivity contribution in [3.05, 3.63) is 72.3 Å². The van der Waals surface area contributed by atoms with Crippen molar-refractivity contribution in [1.82, 2.24) is 14.8 Å². The normalized spacial score (nSPS) is 13.2. The van der Waals surface area contributed by atoms with Crippen LogP contribution < -0.4 is 5.32 Å². The number of hydrogen-bond donors (Lipinski definition) is 2. The van der Waals surface area contributed by atoms with Gasteiger partial charge in [-0.2, -0.15) is 0 Å². The highest BCUT2D eigenvalue weighted by molar-refractivity contribution is 5.91. The highest BCUT2D eigenvalue weighted by atomic mass is 16.3. The van der Waals surface area contributed by atoms with Crippen LogP contribution in [0.4, 0.5) is 5.69 Å². The van der Waals surface area contributed by atoms with Gasteiger partial charge in [0.15, 0.2) is 0 Å². The van der Waals surface area contributed by atoms with Crippen LogP contribution in [0.2, 0.25) is 0 Å². The third-order valence-electron chi connectivity index (χ3n) is 4.03. The molecule has 1 amide bonds. The zero-order valence-electron chi connectivity index (χ0n) is 14.2. The van der Waals surface area contributed by atoms with Crippen LogP contribution in [-0.2, 0) is 10.4 Å². The molecule has 3 rings (SSSR count).